The highest BCUT2D eigenvalue weighted by Crippen LogP contribution is 2.21. The number of ether oxygens (including phenoxy) is 1. The summed E-state index contributed by atoms with van der Waals surface area (Å²) < 4.78 is 33.0. The normalized spacial score (nSPS) is 11.7. The monoisotopic (exact) mass is 390 g/mol. The van der Waals surface area contributed by atoms with Crippen LogP contribution in [0.25, 0.3) is 0 Å². The van der Waals surface area contributed by atoms with E-state index in [0.29, 0.717) is 11.4 Å². The van der Waals surface area contributed by atoms with Gasteiger partial charge >= 0.3 is 0 Å². The summed E-state index contributed by atoms with van der Waals surface area (Å²) >= 11 is 0. The Balaban J connectivity index is 2.02. The topological polar surface area (TPSA) is 84.5 Å². The van der Waals surface area contributed by atoms with Crippen LogP contribution < -0.4 is 14.8 Å². The molecule has 0 fully saturated rings. The lowest BCUT2D eigenvalue weighted by Gasteiger charge is -2.20. The summed E-state index contributed by atoms with van der Waals surface area (Å²) in [5, 5.41) is 2.79. The fraction of sp³-hybridized carbons (Fsp3) is 0.350. The molecule has 2 rings (SSSR count). The molecule has 0 saturated carbocycles. The molecule has 1 amide bonds. The van der Waals surface area contributed by atoms with Gasteiger partial charge in [0.1, 0.15) is 5.75 Å². The van der Waals surface area contributed by atoms with E-state index >= 15 is 0 Å². The van der Waals surface area contributed by atoms with Gasteiger partial charge < -0.3 is 10.1 Å². The number of aryl methyl sites for hydroxylation is 2. The lowest BCUT2D eigenvalue weighted by Crippen LogP contribution is -2.43. The second-order valence-corrected chi connectivity index (χ2v) is 9.15. The quantitative estimate of drug-likeness (QED) is 0.792. The average Bonchev–Trinajstić information content (AvgIpc) is 2.55. The highest BCUT2D eigenvalue weighted by molar-refractivity contribution is 7.92. The van der Waals surface area contributed by atoms with E-state index in [1.807, 2.05) is 40.7 Å². The standard InChI is InChI=1S/C20H26N2O4S/c1-14-6-7-16(12-15(14)2)22-27(24,25)18-10-8-17(9-11-18)26-13-19(23)21-20(3,4)5/h6-12,22H,13H2,1-5H3,(H,21,23). The molecule has 0 radical (unpaired) electrons. The maximum atomic E-state index is 12.5. The zero-order valence-electron chi connectivity index (χ0n) is 16.3. The van der Waals surface area contributed by atoms with E-state index < -0.39 is 10.0 Å². The molecular formula is C20H26N2O4S. The summed E-state index contributed by atoms with van der Waals surface area (Å²) in [6, 6.07) is 11.3. The van der Waals surface area contributed by atoms with Crippen LogP contribution in [0.4, 0.5) is 5.69 Å². The number of nitrogens with one attached hydrogen (secondary N) is 2. The third-order valence-corrected chi connectivity index (χ3v) is 5.17. The molecule has 27 heavy (non-hydrogen) atoms. The highest BCUT2D eigenvalue weighted by atomic mass is 32.2. The van der Waals surface area contributed by atoms with Crippen molar-refractivity contribution in [3.63, 3.8) is 0 Å². The van der Waals surface area contributed by atoms with Crippen molar-refractivity contribution in [1.29, 1.82) is 0 Å². The first-order valence-corrected chi connectivity index (χ1v) is 10.1. The minimum absolute atomic E-state index is 0.118. The van der Waals surface area contributed by atoms with Crippen molar-refractivity contribution in [3.05, 3.63) is 53.6 Å². The number of amides is 1. The molecule has 0 aliphatic carbocycles. The van der Waals surface area contributed by atoms with Gasteiger partial charge in [0, 0.05) is 11.2 Å². The SMILES string of the molecule is Cc1ccc(NS(=O)(=O)c2ccc(OCC(=O)NC(C)(C)C)cc2)cc1C. The van der Waals surface area contributed by atoms with Crippen molar-refractivity contribution >= 4 is 21.6 Å². The Labute approximate surface area is 161 Å². The first-order chi connectivity index (χ1) is 12.5. The minimum Gasteiger partial charge on any atom is -0.484 e. The van der Waals surface area contributed by atoms with Crippen LogP contribution in [-0.4, -0.2) is 26.5 Å². The Morgan fingerprint density at radius 3 is 2.19 bits per heavy atom. The minimum atomic E-state index is -3.70. The fourth-order valence-corrected chi connectivity index (χ4v) is 3.39. The Hall–Kier alpha value is -2.54. The van der Waals surface area contributed by atoms with Gasteiger partial charge in [-0.15, -0.1) is 0 Å². The third kappa shape index (κ3) is 6.29. The van der Waals surface area contributed by atoms with Crippen LogP contribution in [0.5, 0.6) is 5.75 Å². The maximum Gasteiger partial charge on any atom is 0.261 e. The predicted molar refractivity (Wildman–Crippen MR) is 107 cm³/mol. The van der Waals surface area contributed by atoms with Crippen molar-refractivity contribution in [1.82, 2.24) is 5.32 Å². The number of carbonyl (C=O) groups excluding carboxylic acids is 1. The van der Waals surface area contributed by atoms with E-state index in [0.717, 1.165) is 11.1 Å². The van der Waals surface area contributed by atoms with Crippen molar-refractivity contribution in [3.8, 4) is 5.75 Å². The van der Waals surface area contributed by atoms with Gasteiger partial charge in [0.15, 0.2) is 6.61 Å². The molecule has 0 heterocycles. The van der Waals surface area contributed by atoms with Crippen LogP contribution in [0.1, 0.15) is 31.9 Å². The third-order valence-electron chi connectivity index (χ3n) is 3.78. The van der Waals surface area contributed by atoms with Gasteiger partial charge in [-0.1, -0.05) is 6.07 Å². The molecule has 0 bridgehead atoms. The van der Waals surface area contributed by atoms with Crippen molar-refractivity contribution in [2.75, 3.05) is 11.3 Å². The highest BCUT2D eigenvalue weighted by Gasteiger charge is 2.16. The summed E-state index contributed by atoms with van der Waals surface area (Å²) in [4.78, 5) is 11.9. The number of sulfonamides is 1. The van der Waals surface area contributed by atoms with Crippen LogP contribution in [0.15, 0.2) is 47.4 Å². The van der Waals surface area contributed by atoms with E-state index in [9.17, 15) is 13.2 Å². The van der Waals surface area contributed by atoms with E-state index in [1.165, 1.54) is 24.3 Å². The van der Waals surface area contributed by atoms with E-state index in [2.05, 4.69) is 10.0 Å². The van der Waals surface area contributed by atoms with Gasteiger partial charge in [-0.05, 0) is 82.1 Å². The van der Waals surface area contributed by atoms with Gasteiger partial charge in [0.2, 0.25) is 0 Å². The zero-order valence-corrected chi connectivity index (χ0v) is 17.1. The molecule has 0 spiro atoms. The largest absolute Gasteiger partial charge is 0.484 e. The first-order valence-electron chi connectivity index (χ1n) is 8.60. The molecule has 0 saturated heterocycles. The number of carbonyl (C=O) groups is 1. The van der Waals surface area contributed by atoms with Crippen LogP contribution in [0, 0.1) is 13.8 Å². The Morgan fingerprint density at radius 2 is 1.63 bits per heavy atom. The average molecular weight is 391 g/mol. The molecule has 146 valence electrons. The Bertz CT molecular complexity index is 914. The Kier molecular flexibility index (Phi) is 6.15. The van der Waals surface area contributed by atoms with Crippen molar-refractivity contribution in [2.45, 2.75) is 45.1 Å². The zero-order chi connectivity index (χ0) is 20.2. The Morgan fingerprint density at radius 1 is 1.00 bits per heavy atom. The lowest BCUT2D eigenvalue weighted by molar-refractivity contribution is -0.124. The van der Waals surface area contributed by atoms with Gasteiger partial charge in [-0.25, -0.2) is 8.42 Å². The van der Waals surface area contributed by atoms with Crippen LogP contribution in [0.3, 0.4) is 0 Å². The van der Waals surface area contributed by atoms with Crippen molar-refractivity contribution < 1.29 is 17.9 Å². The van der Waals surface area contributed by atoms with E-state index in [-0.39, 0.29) is 22.9 Å². The lowest BCUT2D eigenvalue weighted by atomic mass is 10.1. The van der Waals surface area contributed by atoms with Gasteiger partial charge in [-0.2, -0.15) is 0 Å². The molecule has 0 atom stereocenters. The van der Waals surface area contributed by atoms with E-state index in [4.69, 9.17) is 4.74 Å². The molecule has 7 heteroatoms. The number of rotatable bonds is 6. The second kappa shape index (κ2) is 8.00. The van der Waals surface area contributed by atoms with Crippen LogP contribution in [0.2, 0.25) is 0 Å². The van der Waals surface area contributed by atoms with Gasteiger partial charge in [0.25, 0.3) is 15.9 Å². The molecule has 0 aliphatic rings. The molecular weight excluding hydrogens is 364 g/mol. The number of hydrogen-bond acceptors (Lipinski definition) is 4. The van der Waals surface area contributed by atoms with Crippen LogP contribution in [-0.2, 0) is 14.8 Å². The molecule has 2 aromatic carbocycles. The first kappa shape index (κ1) is 20.8. The molecule has 2 N–H and O–H groups in total. The summed E-state index contributed by atoms with van der Waals surface area (Å²) in [7, 11) is -3.70. The van der Waals surface area contributed by atoms with Gasteiger partial charge in [-0.3, -0.25) is 9.52 Å². The molecule has 2 aromatic rings. The maximum absolute atomic E-state index is 12.5. The van der Waals surface area contributed by atoms with Crippen LogP contribution >= 0.6 is 0 Å². The molecule has 0 aliphatic heterocycles. The fourth-order valence-electron chi connectivity index (χ4n) is 2.34. The van der Waals surface area contributed by atoms with Crippen molar-refractivity contribution in [2.24, 2.45) is 0 Å². The summed E-state index contributed by atoms with van der Waals surface area (Å²) in [5.41, 5.74) is 2.28. The molecule has 6 nitrogen and oxygen atoms in total. The molecule has 0 unspecified atom stereocenters. The summed E-state index contributed by atoms with van der Waals surface area (Å²) in [6.45, 7) is 9.40. The van der Waals surface area contributed by atoms with E-state index in [1.54, 1.807) is 12.1 Å². The predicted octanol–water partition coefficient (Wildman–Crippen LogP) is 3.40. The molecule has 0 aromatic heterocycles. The smallest absolute Gasteiger partial charge is 0.261 e. The second-order valence-electron chi connectivity index (χ2n) is 7.46. The number of benzene rings is 2. The number of anilines is 1. The number of hydrogen-bond donors (Lipinski definition) is 2. The summed E-state index contributed by atoms with van der Waals surface area (Å²) in [5.74, 6) is 0.180. The van der Waals surface area contributed by atoms with Gasteiger partial charge in [0.05, 0.1) is 4.90 Å². The summed E-state index contributed by atoms with van der Waals surface area (Å²) in [6.07, 6.45) is 0.